The summed E-state index contributed by atoms with van der Waals surface area (Å²) in [4.78, 5) is 11.5. The van der Waals surface area contributed by atoms with Crippen LogP contribution in [-0.4, -0.2) is 17.7 Å². The fraction of sp³-hybridized carbons (Fsp3) is 0.500. The predicted octanol–water partition coefficient (Wildman–Crippen LogP) is 3.75. The molecule has 1 aliphatic rings. The summed E-state index contributed by atoms with van der Waals surface area (Å²) >= 11 is 5.99. The first-order chi connectivity index (χ1) is 8.64. The Balaban J connectivity index is 2.06. The van der Waals surface area contributed by atoms with Gasteiger partial charge in [-0.1, -0.05) is 43.0 Å². The highest BCUT2D eigenvalue weighted by molar-refractivity contribution is 6.32. The molecule has 1 fully saturated rings. The first kappa shape index (κ1) is 13.2. The molecule has 1 aromatic rings. The third kappa shape index (κ3) is 2.78. The molecular weight excluding hydrogens is 252 g/mol. The summed E-state index contributed by atoms with van der Waals surface area (Å²) in [6.45, 7) is 0.200. The maximum absolute atomic E-state index is 11.5. The van der Waals surface area contributed by atoms with Crippen LogP contribution >= 0.6 is 11.6 Å². The smallest absolute Gasteiger partial charge is 0.313 e. The second-order valence-corrected chi connectivity index (χ2v) is 5.27. The lowest BCUT2D eigenvalue weighted by Crippen LogP contribution is -2.39. The lowest BCUT2D eigenvalue weighted by Gasteiger charge is -2.32. The lowest BCUT2D eigenvalue weighted by molar-refractivity contribution is -0.153. The summed E-state index contributed by atoms with van der Waals surface area (Å²) in [5.74, 6) is -0.195. The van der Waals surface area contributed by atoms with Gasteiger partial charge in [0.15, 0.2) is 0 Å². The Bertz CT molecular complexity index is 425. The summed E-state index contributed by atoms with van der Waals surface area (Å²) in [5, 5.41) is 9.95. The Hall–Kier alpha value is -1.22. The van der Waals surface area contributed by atoms with Crippen molar-refractivity contribution in [1.29, 1.82) is 0 Å². The van der Waals surface area contributed by atoms with E-state index in [2.05, 4.69) is 0 Å². The number of halogens is 1. The molecule has 0 aromatic heterocycles. The van der Waals surface area contributed by atoms with Gasteiger partial charge in [-0.25, -0.2) is 0 Å². The highest BCUT2D eigenvalue weighted by atomic mass is 35.5. The molecule has 0 aliphatic heterocycles. The van der Waals surface area contributed by atoms with Gasteiger partial charge in [0.1, 0.15) is 17.8 Å². The summed E-state index contributed by atoms with van der Waals surface area (Å²) < 4.78 is 5.63. The van der Waals surface area contributed by atoms with Crippen molar-refractivity contribution in [3.63, 3.8) is 0 Å². The van der Waals surface area contributed by atoms with Crippen molar-refractivity contribution in [1.82, 2.24) is 0 Å². The molecule has 0 atom stereocenters. The Labute approximate surface area is 112 Å². The molecule has 0 heterocycles. The van der Waals surface area contributed by atoms with E-state index in [0.717, 1.165) is 19.3 Å². The number of rotatable bonds is 4. The van der Waals surface area contributed by atoms with Crippen molar-refractivity contribution >= 4 is 17.6 Å². The molecule has 4 heteroatoms. The quantitative estimate of drug-likeness (QED) is 0.904. The Morgan fingerprint density at radius 1 is 1.28 bits per heavy atom. The van der Waals surface area contributed by atoms with Crippen LogP contribution in [0.1, 0.15) is 32.1 Å². The fourth-order valence-electron chi connectivity index (χ4n) is 2.43. The Kier molecular flexibility index (Phi) is 4.12. The Morgan fingerprint density at radius 2 is 1.94 bits per heavy atom. The molecule has 3 nitrogen and oxygen atoms in total. The first-order valence-corrected chi connectivity index (χ1v) is 6.63. The molecule has 2 rings (SSSR count). The maximum atomic E-state index is 11.5. The van der Waals surface area contributed by atoms with Crippen LogP contribution in [0, 0.1) is 5.41 Å². The monoisotopic (exact) mass is 268 g/mol. The zero-order chi connectivity index (χ0) is 13.0. The molecule has 0 bridgehead atoms. The van der Waals surface area contributed by atoms with Crippen molar-refractivity contribution in [3.05, 3.63) is 29.3 Å². The molecule has 1 aromatic carbocycles. The van der Waals surface area contributed by atoms with Gasteiger partial charge in [0.2, 0.25) is 0 Å². The number of carboxylic acids is 1. The highest BCUT2D eigenvalue weighted by Gasteiger charge is 2.40. The highest BCUT2D eigenvalue weighted by Crippen LogP contribution is 2.37. The largest absolute Gasteiger partial charge is 0.491 e. The number of aliphatic carboxylic acids is 1. The second kappa shape index (κ2) is 5.61. The van der Waals surface area contributed by atoms with Crippen molar-refractivity contribution in [2.24, 2.45) is 5.41 Å². The molecule has 0 spiro atoms. The normalized spacial score (nSPS) is 18.3. The summed E-state index contributed by atoms with van der Waals surface area (Å²) in [6, 6.07) is 7.16. The fourth-order valence-corrected chi connectivity index (χ4v) is 2.62. The summed E-state index contributed by atoms with van der Waals surface area (Å²) in [6.07, 6.45) is 4.40. The molecule has 0 amide bonds. The zero-order valence-electron chi connectivity index (χ0n) is 10.2. The maximum Gasteiger partial charge on any atom is 0.313 e. The van der Waals surface area contributed by atoms with Gasteiger partial charge < -0.3 is 9.84 Å². The van der Waals surface area contributed by atoms with E-state index in [0.29, 0.717) is 23.6 Å². The summed E-state index contributed by atoms with van der Waals surface area (Å²) in [5.41, 5.74) is -0.739. The molecule has 18 heavy (non-hydrogen) atoms. The van der Waals surface area contributed by atoms with E-state index in [1.807, 2.05) is 12.1 Å². The zero-order valence-corrected chi connectivity index (χ0v) is 10.9. The average molecular weight is 269 g/mol. The molecule has 1 saturated carbocycles. The van der Waals surface area contributed by atoms with Gasteiger partial charge in [-0.05, 0) is 25.0 Å². The van der Waals surface area contributed by atoms with Crippen molar-refractivity contribution in [2.75, 3.05) is 6.61 Å². The second-order valence-electron chi connectivity index (χ2n) is 4.87. The van der Waals surface area contributed by atoms with Crippen molar-refractivity contribution in [3.8, 4) is 5.75 Å². The van der Waals surface area contributed by atoms with E-state index in [1.165, 1.54) is 0 Å². The number of para-hydroxylation sites is 1. The standard InChI is InChI=1S/C14H17ClO3/c15-11-6-2-3-7-12(11)18-10-14(13(16)17)8-4-1-5-9-14/h2-3,6-7H,1,4-5,8-10H2,(H,16,17). The molecule has 1 aliphatic carbocycles. The molecule has 0 unspecified atom stereocenters. The van der Waals surface area contributed by atoms with Gasteiger partial charge in [-0.2, -0.15) is 0 Å². The average Bonchev–Trinajstić information content (AvgIpc) is 2.39. The van der Waals surface area contributed by atoms with Crippen LogP contribution < -0.4 is 4.74 Å². The molecule has 0 radical (unpaired) electrons. The number of hydrogen-bond acceptors (Lipinski definition) is 2. The van der Waals surface area contributed by atoms with E-state index in [4.69, 9.17) is 16.3 Å². The molecule has 0 saturated heterocycles. The number of carboxylic acid groups (broad SMARTS) is 1. The minimum Gasteiger partial charge on any atom is -0.491 e. The molecular formula is C14H17ClO3. The van der Waals surface area contributed by atoms with Gasteiger partial charge in [0.25, 0.3) is 0 Å². The summed E-state index contributed by atoms with van der Waals surface area (Å²) in [7, 11) is 0. The van der Waals surface area contributed by atoms with Crippen molar-refractivity contribution in [2.45, 2.75) is 32.1 Å². The van der Waals surface area contributed by atoms with E-state index in [-0.39, 0.29) is 6.61 Å². The lowest BCUT2D eigenvalue weighted by atomic mass is 9.75. The van der Waals surface area contributed by atoms with Gasteiger partial charge >= 0.3 is 5.97 Å². The van der Waals surface area contributed by atoms with Crippen LogP contribution in [0.15, 0.2) is 24.3 Å². The van der Waals surface area contributed by atoms with E-state index < -0.39 is 11.4 Å². The Morgan fingerprint density at radius 3 is 2.56 bits per heavy atom. The van der Waals surface area contributed by atoms with Gasteiger partial charge in [0.05, 0.1) is 5.02 Å². The SMILES string of the molecule is O=C(O)C1(COc2ccccc2Cl)CCCCC1. The van der Waals surface area contributed by atoms with Crippen LogP contribution in [0.3, 0.4) is 0 Å². The number of ether oxygens (including phenoxy) is 1. The van der Waals surface area contributed by atoms with Crippen LogP contribution in [-0.2, 0) is 4.79 Å². The van der Waals surface area contributed by atoms with Crippen LogP contribution in [0.25, 0.3) is 0 Å². The topological polar surface area (TPSA) is 46.5 Å². The third-order valence-electron chi connectivity index (χ3n) is 3.60. The van der Waals surface area contributed by atoms with E-state index >= 15 is 0 Å². The number of hydrogen-bond donors (Lipinski definition) is 1. The van der Waals surface area contributed by atoms with Gasteiger partial charge in [0, 0.05) is 0 Å². The van der Waals surface area contributed by atoms with Gasteiger partial charge in [-0.15, -0.1) is 0 Å². The van der Waals surface area contributed by atoms with Crippen LogP contribution in [0.2, 0.25) is 5.02 Å². The first-order valence-electron chi connectivity index (χ1n) is 6.25. The minimum absolute atomic E-state index is 0.200. The van der Waals surface area contributed by atoms with Gasteiger partial charge in [-0.3, -0.25) is 4.79 Å². The molecule has 98 valence electrons. The van der Waals surface area contributed by atoms with E-state index in [9.17, 15) is 9.90 Å². The van der Waals surface area contributed by atoms with Crippen LogP contribution in [0.4, 0.5) is 0 Å². The third-order valence-corrected chi connectivity index (χ3v) is 3.92. The minimum atomic E-state index is -0.755. The van der Waals surface area contributed by atoms with Crippen molar-refractivity contribution < 1.29 is 14.6 Å². The number of carbonyl (C=O) groups is 1. The number of benzene rings is 1. The molecule has 1 N–H and O–H groups in total. The van der Waals surface area contributed by atoms with Crippen LogP contribution in [0.5, 0.6) is 5.75 Å². The predicted molar refractivity (Wildman–Crippen MR) is 70.1 cm³/mol. The van der Waals surface area contributed by atoms with E-state index in [1.54, 1.807) is 12.1 Å².